The fourth-order valence-corrected chi connectivity index (χ4v) is 2.02. The first-order valence-corrected chi connectivity index (χ1v) is 5.77. The number of Topliss-reactive ketones (excluding diaryl/α,β-unsaturated/α-hetero) is 1. The van der Waals surface area contributed by atoms with E-state index in [1.165, 1.54) is 6.92 Å². The van der Waals surface area contributed by atoms with Crippen LogP contribution in [0.2, 0.25) is 0 Å². The van der Waals surface area contributed by atoms with Crippen molar-refractivity contribution in [3.63, 3.8) is 0 Å². The topological polar surface area (TPSA) is 50.1 Å². The standard InChI is InChI=1S/C13H14ClNO2/c1-10(16)13(9-15,7-8-14)11-3-5-12(17-2)6-4-11/h3-6H,7-8H2,1-2H3. The molecule has 90 valence electrons. The number of nitrogens with zero attached hydrogens (tertiary/aromatic N) is 1. The number of nitriles is 1. The average molecular weight is 252 g/mol. The maximum Gasteiger partial charge on any atom is 0.154 e. The predicted molar refractivity (Wildman–Crippen MR) is 66.3 cm³/mol. The number of benzene rings is 1. The highest BCUT2D eigenvalue weighted by atomic mass is 35.5. The van der Waals surface area contributed by atoms with E-state index in [1.807, 2.05) is 0 Å². The maximum atomic E-state index is 11.7. The van der Waals surface area contributed by atoms with E-state index in [0.717, 1.165) is 0 Å². The summed E-state index contributed by atoms with van der Waals surface area (Å²) in [6, 6.07) is 9.03. The molecule has 0 amide bonds. The Balaban J connectivity index is 3.22. The van der Waals surface area contributed by atoms with Gasteiger partial charge in [0.1, 0.15) is 11.2 Å². The summed E-state index contributed by atoms with van der Waals surface area (Å²) >= 11 is 5.69. The van der Waals surface area contributed by atoms with Gasteiger partial charge in [-0.15, -0.1) is 11.6 Å². The number of alkyl halides is 1. The number of ketones is 1. The van der Waals surface area contributed by atoms with Crippen molar-refractivity contribution in [1.82, 2.24) is 0 Å². The quantitative estimate of drug-likeness (QED) is 0.756. The van der Waals surface area contributed by atoms with Crippen molar-refractivity contribution >= 4 is 17.4 Å². The summed E-state index contributed by atoms with van der Waals surface area (Å²) in [4.78, 5) is 11.7. The van der Waals surface area contributed by atoms with Gasteiger partial charge in [-0.05, 0) is 31.0 Å². The maximum absolute atomic E-state index is 11.7. The summed E-state index contributed by atoms with van der Waals surface area (Å²) in [7, 11) is 1.57. The number of hydrogen-bond donors (Lipinski definition) is 0. The van der Waals surface area contributed by atoms with Crippen LogP contribution in [0.3, 0.4) is 0 Å². The highest BCUT2D eigenvalue weighted by Crippen LogP contribution is 2.30. The first kappa shape index (κ1) is 13.5. The zero-order valence-electron chi connectivity index (χ0n) is 9.87. The Bertz CT molecular complexity index is 436. The number of halogens is 1. The summed E-state index contributed by atoms with van der Waals surface area (Å²) in [5.41, 5.74) is -0.484. The van der Waals surface area contributed by atoms with Gasteiger partial charge in [0.25, 0.3) is 0 Å². The molecule has 0 aliphatic rings. The molecular weight excluding hydrogens is 238 g/mol. The van der Waals surface area contributed by atoms with E-state index >= 15 is 0 Å². The van der Waals surface area contributed by atoms with Gasteiger partial charge >= 0.3 is 0 Å². The SMILES string of the molecule is COc1ccc(C(C#N)(CCCl)C(C)=O)cc1. The fourth-order valence-electron chi connectivity index (χ4n) is 1.74. The van der Waals surface area contributed by atoms with Crippen molar-refractivity contribution in [2.24, 2.45) is 0 Å². The van der Waals surface area contributed by atoms with Gasteiger partial charge in [-0.25, -0.2) is 0 Å². The van der Waals surface area contributed by atoms with Gasteiger partial charge < -0.3 is 4.74 Å². The van der Waals surface area contributed by atoms with Crippen LogP contribution in [0.1, 0.15) is 18.9 Å². The van der Waals surface area contributed by atoms with Crippen molar-refractivity contribution in [2.75, 3.05) is 13.0 Å². The third-order valence-corrected chi connectivity index (χ3v) is 3.03. The molecule has 0 radical (unpaired) electrons. The lowest BCUT2D eigenvalue weighted by Gasteiger charge is -2.23. The van der Waals surface area contributed by atoms with Crippen LogP contribution in [0.25, 0.3) is 0 Å². The van der Waals surface area contributed by atoms with Crippen LogP contribution >= 0.6 is 11.6 Å². The fraction of sp³-hybridized carbons (Fsp3) is 0.385. The van der Waals surface area contributed by atoms with E-state index in [2.05, 4.69) is 6.07 Å². The summed E-state index contributed by atoms with van der Waals surface area (Å²) in [5.74, 6) is 0.764. The molecule has 0 saturated heterocycles. The Morgan fingerprint density at radius 3 is 2.41 bits per heavy atom. The van der Waals surface area contributed by atoms with Crippen LogP contribution in [-0.2, 0) is 10.2 Å². The van der Waals surface area contributed by atoms with Gasteiger partial charge in [-0.1, -0.05) is 12.1 Å². The Kier molecular flexibility index (Phi) is 4.53. The number of ether oxygens (including phenoxy) is 1. The summed E-state index contributed by atoms with van der Waals surface area (Å²) in [5, 5.41) is 9.30. The van der Waals surface area contributed by atoms with Crippen LogP contribution in [0.15, 0.2) is 24.3 Å². The summed E-state index contributed by atoms with van der Waals surface area (Å²) in [6.07, 6.45) is 0.312. The Morgan fingerprint density at radius 1 is 1.47 bits per heavy atom. The van der Waals surface area contributed by atoms with Crippen molar-refractivity contribution in [2.45, 2.75) is 18.8 Å². The van der Waals surface area contributed by atoms with Gasteiger partial charge in [0, 0.05) is 5.88 Å². The molecule has 1 aromatic carbocycles. The van der Waals surface area contributed by atoms with E-state index in [9.17, 15) is 10.1 Å². The Labute approximate surface area is 106 Å². The molecule has 0 aliphatic carbocycles. The molecule has 0 heterocycles. The first-order valence-electron chi connectivity index (χ1n) is 5.23. The molecule has 0 aromatic heterocycles. The minimum atomic E-state index is -1.14. The van der Waals surface area contributed by atoms with E-state index in [4.69, 9.17) is 16.3 Å². The van der Waals surface area contributed by atoms with Crippen molar-refractivity contribution < 1.29 is 9.53 Å². The number of rotatable bonds is 5. The summed E-state index contributed by atoms with van der Waals surface area (Å²) < 4.78 is 5.04. The molecule has 4 heteroatoms. The molecule has 0 saturated carbocycles. The average Bonchev–Trinajstić information content (AvgIpc) is 2.36. The van der Waals surface area contributed by atoms with Gasteiger partial charge in [0.05, 0.1) is 13.2 Å². The normalized spacial score (nSPS) is 13.5. The van der Waals surface area contributed by atoms with Crippen molar-refractivity contribution in [1.29, 1.82) is 5.26 Å². The molecule has 0 aliphatic heterocycles. The van der Waals surface area contributed by atoms with E-state index in [-0.39, 0.29) is 11.7 Å². The highest BCUT2D eigenvalue weighted by Gasteiger charge is 2.36. The lowest BCUT2D eigenvalue weighted by Crippen LogP contribution is -2.33. The molecule has 17 heavy (non-hydrogen) atoms. The highest BCUT2D eigenvalue weighted by molar-refractivity contribution is 6.18. The molecule has 3 nitrogen and oxygen atoms in total. The lowest BCUT2D eigenvalue weighted by atomic mass is 9.76. The molecule has 1 atom stereocenters. The van der Waals surface area contributed by atoms with Crippen LogP contribution in [0, 0.1) is 11.3 Å². The molecule has 0 N–H and O–H groups in total. The van der Waals surface area contributed by atoms with E-state index in [1.54, 1.807) is 31.4 Å². The molecule has 1 aromatic rings. The third kappa shape index (κ3) is 2.59. The molecule has 1 rings (SSSR count). The Morgan fingerprint density at radius 2 is 2.06 bits per heavy atom. The second kappa shape index (κ2) is 5.70. The minimum absolute atomic E-state index is 0.189. The van der Waals surface area contributed by atoms with Crippen LogP contribution in [0.4, 0.5) is 0 Å². The zero-order chi connectivity index (χ0) is 12.9. The van der Waals surface area contributed by atoms with Crippen LogP contribution < -0.4 is 4.74 Å². The first-order chi connectivity index (χ1) is 8.10. The molecule has 0 spiro atoms. The lowest BCUT2D eigenvalue weighted by molar-refractivity contribution is -0.120. The minimum Gasteiger partial charge on any atom is -0.497 e. The number of carbonyl (C=O) groups is 1. The largest absolute Gasteiger partial charge is 0.497 e. The predicted octanol–water partition coefficient (Wildman–Crippen LogP) is 2.67. The number of methoxy groups -OCH3 is 1. The molecule has 0 fully saturated rings. The van der Waals surface area contributed by atoms with E-state index < -0.39 is 5.41 Å². The molecular formula is C13H14ClNO2. The summed E-state index contributed by atoms with van der Waals surface area (Å²) in [6.45, 7) is 1.42. The Hall–Kier alpha value is -1.53. The van der Waals surface area contributed by atoms with Gasteiger partial charge in [0.2, 0.25) is 0 Å². The monoisotopic (exact) mass is 251 g/mol. The van der Waals surface area contributed by atoms with Crippen molar-refractivity contribution in [3.05, 3.63) is 29.8 Å². The van der Waals surface area contributed by atoms with Crippen LogP contribution in [-0.4, -0.2) is 18.8 Å². The third-order valence-electron chi connectivity index (χ3n) is 2.84. The van der Waals surface area contributed by atoms with Crippen molar-refractivity contribution in [3.8, 4) is 11.8 Å². The number of carbonyl (C=O) groups excluding carboxylic acids is 1. The van der Waals surface area contributed by atoms with E-state index in [0.29, 0.717) is 17.7 Å². The van der Waals surface area contributed by atoms with Gasteiger partial charge in [-0.3, -0.25) is 4.79 Å². The number of hydrogen-bond acceptors (Lipinski definition) is 3. The van der Waals surface area contributed by atoms with Crippen LogP contribution in [0.5, 0.6) is 5.75 Å². The van der Waals surface area contributed by atoms with Gasteiger partial charge in [-0.2, -0.15) is 5.26 Å². The van der Waals surface area contributed by atoms with Gasteiger partial charge in [0.15, 0.2) is 5.78 Å². The second-order valence-electron chi connectivity index (χ2n) is 3.74. The zero-order valence-corrected chi connectivity index (χ0v) is 10.6. The molecule has 1 unspecified atom stereocenters. The molecule has 0 bridgehead atoms. The second-order valence-corrected chi connectivity index (χ2v) is 4.12. The smallest absolute Gasteiger partial charge is 0.154 e.